The second kappa shape index (κ2) is 6.20. The van der Waals surface area contributed by atoms with Crippen LogP contribution in [0, 0.1) is 0 Å². The van der Waals surface area contributed by atoms with Gasteiger partial charge in [-0.1, -0.05) is 36.4 Å². The van der Waals surface area contributed by atoms with E-state index in [1.165, 1.54) is 0 Å². The van der Waals surface area contributed by atoms with Gasteiger partial charge in [0.1, 0.15) is 5.78 Å². The first-order chi connectivity index (χ1) is 13.2. The third-order valence-electron chi connectivity index (χ3n) is 5.30. The van der Waals surface area contributed by atoms with Gasteiger partial charge in [0.25, 0.3) is 0 Å². The molecule has 3 aromatic rings. The van der Waals surface area contributed by atoms with Gasteiger partial charge in [0.2, 0.25) is 6.79 Å². The maximum absolute atomic E-state index is 13.1. The Kier molecular flexibility index (Phi) is 3.67. The maximum atomic E-state index is 13.1. The smallest absolute Gasteiger partial charge is 0.231 e. The molecule has 0 N–H and O–H groups in total. The van der Waals surface area contributed by atoms with Crippen LogP contribution in [0.25, 0.3) is 11.3 Å². The predicted octanol–water partition coefficient (Wildman–Crippen LogP) is 3.72. The first-order valence-electron chi connectivity index (χ1n) is 9.04. The maximum Gasteiger partial charge on any atom is 0.231 e. The third-order valence-corrected chi connectivity index (χ3v) is 5.30. The molecule has 0 spiro atoms. The molecular formula is C22H18N2O3. The Hall–Kier alpha value is -3.21. The highest BCUT2D eigenvalue weighted by atomic mass is 16.7. The summed E-state index contributed by atoms with van der Waals surface area (Å²) in [4.78, 5) is 22.0. The molecule has 2 aliphatic rings. The molecule has 5 rings (SSSR count). The molecule has 27 heavy (non-hydrogen) atoms. The molecule has 0 unspecified atom stereocenters. The van der Waals surface area contributed by atoms with E-state index in [2.05, 4.69) is 9.97 Å². The highest BCUT2D eigenvalue weighted by molar-refractivity contribution is 5.94. The fourth-order valence-electron chi connectivity index (χ4n) is 3.62. The lowest BCUT2D eigenvalue weighted by Crippen LogP contribution is -2.23. The minimum Gasteiger partial charge on any atom is -0.454 e. The Labute approximate surface area is 157 Å². The fourth-order valence-corrected chi connectivity index (χ4v) is 3.62. The molecule has 1 aromatic heterocycles. The first-order valence-corrected chi connectivity index (χ1v) is 9.04. The minimum atomic E-state index is -0.425. The van der Waals surface area contributed by atoms with Gasteiger partial charge in [-0.3, -0.25) is 9.78 Å². The molecule has 2 aromatic carbocycles. The van der Waals surface area contributed by atoms with Gasteiger partial charge in [0.05, 0.1) is 29.4 Å². The van der Waals surface area contributed by atoms with Crippen molar-refractivity contribution in [3.8, 4) is 22.8 Å². The van der Waals surface area contributed by atoms with Gasteiger partial charge in [-0.15, -0.1) is 0 Å². The van der Waals surface area contributed by atoms with E-state index in [0.717, 1.165) is 41.2 Å². The molecule has 5 nitrogen and oxygen atoms in total. The molecule has 1 fully saturated rings. The van der Waals surface area contributed by atoms with Crippen LogP contribution in [0.15, 0.2) is 60.9 Å². The Morgan fingerprint density at radius 3 is 2.63 bits per heavy atom. The Morgan fingerprint density at radius 1 is 1.00 bits per heavy atom. The predicted molar refractivity (Wildman–Crippen MR) is 99.7 cm³/mol. The number of carbonyl (C=O) groups excluding carboxylic acids is 1. The van der Waals surface area contributed by atoms with E-state index < -0.39 is 5.41 Å². The zero-order valence-corrected chi connectivity index (χ0v) is 14.7. The molecule has 1 saturated carbocycles. The topological polar surface area (TPSA) is 61.3 Å². The Bertz CT molecular complexity index is 1010. The van der Waals surface area contributed by atoms with E-state index in [9.17, 15) is 4.79 Å². The molecule has 1 aliphatic carbocycles. The lowest BCUT2D eigenvalue weighted by atomic mass is 9.88. The molecule has 0 amide bonds. The summed E-state index contributed by atoms with van der Waals surface area (Å²) in [6, 6.07) is 15.7. The van der Waals surface area contributed by atoms with Crippen molar-refractivity contribution in [3.05, 3.63) is 72.2 Å². The highest BCUT2D eigenvalue weighted by Crippen LogP contribution is 2.51. The van der Waals surface area contributed by atoms with Crippen molar-refractivity contribution in [2.75, 3.05) is 6.79 Å². The molecule has 0 radical (unpaired) electrons. The number of nitrogens with zero attached hydrogens (tertiary/aromatic N) is 2. The summed E-state index contributed by atoms with van der Waals surface area (Å²) in [5.74, 6) is 1.64. The average Bonchev–Trinajstić information content (AvgIpc) is 3.40. The second-order valence-electron chi connectivity index (χ2n) is 7.01. The highest BCUT2D eigenvalue weighted by Gasteiger charge is 2.51. The van der Waals surface area contributed by atoms with Crippen LogP contribution in [0.1, 0.15) is 24.1 Å². The number of ether oxygens (including phenoxy) is 2. The summed E-state index contributed by atoms with van der Waals surface area (Å²) >= 11 is 0. The number of benzene rings is 2. The van der Waals surface area contributed by atoms with Gasteiger partial charge in [-0.25, -0.2) is 4.98 Å². The second-order valence-corrected chi connectivity index (χ2v) is 7.01. The number of aromatic nitrogens is 2. The number of hydrogen-bond acceptors (Lipinski definition) is 5. The van der Waals surface area contributed by atoms with Crippen LogP contribution in [0.5, 0.6) is 11.5 Å². The molecule has 0 bridgehead atoms. The zero-order valence-electron chi connectivity index (χ0n) is 14.7. The Balaban J connectivity index is 1.39. The van der Waals surface area contributed by atoms with Crippen molar-refractivity contribution in [1.29, 1.82) is 0 Å². The van der Waals surface area contributed by atoms with E-state index in [1.54, 1.807) is 12.4 Å². The van der Waals surface area contributed by atoms with Gasteiger partial charge in [-0.2, -0.15) is 0 Å². The lowest BCUT2D eigenvalue weighted by Gasteiger charge is -2.15. The fraction of sp³-hybridized carbons (Fsp3) is 0.227. The quantitative estimate of drug-likeness (QED) is 0.696. The van der Waals surface area contributed by atoms with Crippen molar-refractivity contribution in [2.45, 2.75) is 24.7 Å². The SMILES string of the molecule is O=C(Cc1cncc(-c2ccccc2)n1)C1(c2ccc3c(c2)OCO3)CC1. The summed E-state index contributed by atoms with van der Waals surface area (Å²) in [6.07, 6.45) is 5.41. The van der Waals surface area contributed by atoms with Crippen LogP contribution in [-0.2, 0) is 16.6 Å². The van der Waals surface area contributed by atoms with E-state index in [0.29, 0.717) is 5.69 Å². The van der Waals surface area contributed by atoms with Crippen LogP contribution in [0.4, 0.5) is 0 Å². The molecule has 0 atom stereocenters. The van der Waals surface area contributed by atoms with Crippen molar-refractivity contribution < 1.29 is 14.3 Å². The van der Waals surface area contributed by atoms with Crippen molar-refractivity contribution in [1.82, 2.24) is 9.97 Å². The standard InChI is InChI=1S/C22H18N2O3/c25-21(11-17-12-23-13-18(24-17)15-4-2-1-3-5-15)22(8-9-22)16-6-7-19-20(10-16)27-14-26-19/h1-7,10,12-13H,8-9,11,14H2. The molecule has 1 aliphatic heterocycles. The van der Waals surface area contributed by atoms with Crippen LogP contribution in [0.3, 0.4) is 0 Å². The molecule has 2 heterocycles. The molecule has 5 heteroatoms. The zero-order chi connectivity index (χ0) is 18.3. The molecule has 134 valence electrons. The van der Waals surface area contributed by atoms with E-state index in [-0.39, 0.29) is 19.0 Å². The molecule has 0 saturated heterocycles. The van der Waals surface area contributed by atoms with E-state index in [4.69, 9.17) is 9.47 Å². The van der Waals surface area contributed by atoms with Crippen molar-refractivity contribution in [2.24, 2.45) is 0 Å². The molecular weight excluding hydrogens is 340 g/mol. The third kappa shape index (κ3) is 2.85. The van der Waals surface area contributed by atoms with Crippen molar-refractivity contribution in [3.63, 3.8) is 0 Å². The first kappa shape index (κ1) is 16.0. The number of rotatable bonds is 5. The van der Waals surface area contributed by atoms with Crippen LogP contribution in [-0.4, -0.2) is 22.5 Å². The number of carbonyl (C=O) groups is 1. The summed E-state index contributed by atoms with van der Waals surface area (Å²) in [5, 5.41) is 0. The summed E-state index contributed by atoms with van der Waals surface area (Å²) in [5.41, 5.74) is 3.06. The van der Waals surface area contributed by atoms with Gasteiger partial charge in [-0.05, 0) is 30.5 Å². The van der Waals surface area contributed by atoms with Gasteiger partial charge < -0.3 is 9.47 Å². The monoisotopic (exact) mass is 358 g/mol. The van der Waals surface area contributed by atoms with E-state index >= 15 is 0 Å². The lowest BCUT2D eigenvalue weighted by molar-refractivity contribution is -0.120. The number of fused-ring (bicyclic) bond motifs is 1. The van der Waals surface area contributed by atoms with Crippen LogP contribution < -0.4 is 9.47 Å². The van der Waals surface area contributed by atoms with E-state index in [1.807, 2.05) is 48.5 Å². The van der Waals surface area contributed by atoms with Gasteiger partial charge >= 0.3 is 0 Å². The van der Waals surface area contributed by atoms with Crippen LogP contribution >= 0.6 is 0 Å². The summed E-state index contributed by atoms with van der Waals surface area (Å²) in [7, 11) is 0. The Morgan fingerprint density at radius 2 is 1.81 bits per heavy atom. The number of hydrogen-bond donors (Lipinski definition) is 0. The summed E-state index contributed by atoms with van der Waals surface area (Å²) < 4.78 is 10.8. The van der Waals surface area contributed by atoms with Gasteiger partial charge in [0, 0.05) is 11.8 Å². The van der Waals surface area contributed by atoms with Gasteiger partial charge in [0.15, 0.2) is 11.5 Å². The number of ketones is 1. The normalized spacial score (nSPS) is 16.1. The van der Waals surface area contributed by atoms with Crippen molar-refractivity contribution >= 4 is 5.78 Å². The summed E-state index contributed by atoms with van der Waals surface area (Å²) in [6.45, 7) is 0.238. The minimum absolute atomic E-state index is 0.181. The average molecular weight is 358 g/mol. The van der Waals surface area contributed by atoms with Crippen LogP contribution in [0.2, 0.25) is 0 Å². The largest absolute Gasteiger partial charge is 0.454 e. The number of Topliss-reactive ketones (excluding diaryl/α,β-unsaturated/α-hetero) is 1.